The first-order valence-electron chi connectivity index (χ1n) is 9.01. The van der Waals surface area contributed by atoms with Crippen molar-refractivity contribution in [1.82, 2.24) is 20.1 Å². The molecule has 0 bridgehead atoms. The predicted molar refractivity (Wildman–Crippen MR) is 111 cm³/mol. The summed E-state index contributed by atoms with van der Waals surface area (Å²) in [5.41, 5.74) is 1.65. The van der Waals surface area contributed by atoms with Crippen molar-refractivity contribution in [2.75, 3.05) is 6.61 Å². The van der Waals surface area contributed by atoms with Crippen LogP contribution in [0.15, 0.2) is 36.7 Å². The minimum atomic E-state index is -0.635. The van der Waals surface area contributed by atoms with Gasteiger partial charge in [-0.25, -0.2) is 14.5 Å². The molecule has 1 aromatic carbocycles. The number of pyridine rings is 1. The molecule has 0 radical (unpaired) electrons. The molecule has 9 heteroatoms. The number of hydrogen-bond donors (Lipinski definition) is 1. The largest absolute Gasteiger partial charge is 0.452 e. The molecule has 7 nitrogen and oxygen atoms in total. The number of carbonyl (C=O) groups excluding carboxylic acids is 2. The SMILES string of the molecule is CC(NC(=O)COC(=O)c1cnc2c(cnn2C(C)C)c1)c1ccc(Cl)cc1Cl. The minimum absolute atomic E-state index is 0.151. The molecule has 0 spiro atoms. The third-order valence-corrected chi connectivity index (χ3v) is 4.86. The van der Waals surface area contributed by atoms with Crippen LogP contribution in [0.5, 0.6) is 0 Å². The second-order valence-electron chi connectivity index (χ2n) is 6.85. The highest BCUT2D eigenvalue weighted by molar-refractivity contribution is 6.35. The van der Waals surface area contributed by atoms with Crippen LogP contribution in [0, 0.1) is 0 Å². The van der Waals surface area contributed by atoms with Crippen LogP contribution in [0.1, 0.15) is 48.8 Å². The third kappa shape index (κ3) is 4.86. The number of hydrogen-bond acceptors (Lipinski definition) is 5. The van der Waals surface area contributed by atoms with Gasteiger partial charge in [0.1, 0.15) is 0 Å². The summed E-state index contributed by atoms with van der Waals surface area (Å²) in [7, 11) is 0. The van der Waals surface area contributed by atoms with Crippen molar-refractivity contribution in [2.45, 2.75) is 32.9 Å². The van der Waals surface area contributed by atoms with Gasteiger partial charge < -0.3 is 10.1 Å². The Labute approximate surface area is 178 Å². The number of aromatic nitrogens is 3. The summed E-state index contributed by atoms with van der Waals surface area (Å²) in [4.78, 5) is 28.7. The Morgan fingerprint density at radius 1 is 1.17 bits per heavy atom. The number of nitrogens with one attached hydrogen (secondary N) is 1. The van der Waals surface area contributed by atoms with Crippen LogP contribution < -0.4 is 5.32 Å². The second-order valence-corrected chi connectivity index (χ2v) is 7.69. The van der Waals surface area contributed by atoms with Gasteiger partial charge in [0.05, 0.1) is 17.8 Å². The number of nitrogens with zero attached hydrogens (tertiary/aromatic N) is 3. The molecule has 0 aliphatic rings. The van der Waals surface area contributed by atoms with Gasteiger partial charge in [0.2, 0.25) is 0 Å². The Balaban J connectivity index is 1.59. The Kier molecular flexibility index (Phi) is 6.39. The number of amides is 1. The van der Waals surface area contributed by atoms with Crippen molar-refractivity contribution in [3.8, 4) is 0 Å². The topological polar surface area (TPSA) is 86.1 Å². The first-order valence-corrected chi connectivity index (χ1v) is 9.76. The summed E-state index contributed by atoms with van der Waals surface area (Å²) in [5.74, 6) is -1.08. The molecule has 0 saturated heterocycles. The molecule has 29 heavy (non-hydrogen) atoms. The molecule has 2 aromatic heterocycles. The Morgan fingerprint density at radius 2 is 1.93 bits per heavy atom. The van der Waals surface area contributed by atoms with Crippen molar-refractivity contribution in [1.29, 1.82) is 0 Å². The fraction of sp³-hybridized carbons (Fsp3) is 0.300. The van der Waals surface area contributed by atoms with Crippen LogP contribution in [0.2, 0.25) is 10.0 Å². The van der Waals surface area contributed by atoms with Gasteiger partial charge in [-0.05, 0) is 44.5 Å². The van der Waals surface area contributed by atoms with Gasteiger partial charge in [0, 0.05) is 27.7 Å². The molecule has 152 valence electrons. The molecule has 0 saturated carbocycles. The van der Waals surface area contributed by atoms with E-state index < -0.39 is 18.5 Å². The predicted octanol–water partition coefficient (Wildman–Crippen LogP) is 4.35. The molecule has 1 atom stereocenters. The van der Waals surface area contributed by atoms with Crippen LogP contribution in [0.4, 0.5) is 0 Å². The molecule has 0 aliphatic carbocycles. The van der Waals surface area contributed by atoms with Gasteiger partial charge >= 0.3 is 5.97 Å². The van der Waals surface area contributed by atoms with E-state index >= 15 is 0 Å². The summed E-state index contributed by atoms with van der Waals surface area (Å²) in [5, 5.41) is 8.68. The monoisotopic (exact) mass is 434 g/mol. The average Bonchev–Trinajstić information content (AvgIpc) is 3.09. The van der Waals surface area contributed by atoms with E-state index in [9.17, 15) is 9.59 Å². The maximum Gasteiger partial charge on any atom is 0.340 e. The lowest BCUT2D eigenvalue weighted by Crippen LogP contribution is -2.31. The number of esters is 1. The second kappa shape index (κ2) is 8.80. The smallest absolute Gasteiger partial charge is 0.340 e. The summed E-state index contributed by atoms with van der Waals surface area (Å²) >= 11 is 12.0. The Bertz CT molecular complexity index is 1070. The molecule has 1 N–H and O–H groups in total. The highest BCUT2D eigenvalue weighted by Gasteiger charge is 2.17. The number of rotatable bonds is 6. The van der Waals surface area contributed by atoms with E-state index in [4.69, 9.17) is 27.9 Å². The average molecular weight is 435 g/mol. The molecule has 3 aromatic rings. The van der Waals surface area contributed by atoms with E-state index in [1.54, 1.807) is 42.1 Å². The van der Waals surface area contributed by atoms with Crippen molar-refractivity contribution >= 4 is 46.1 Å². The highest BCUT2D eigenvalue weighted by Crippen LogP contribution is 2.26. The molecule has 0 fully saturated rings. The molecule has 0 aliphatic heterocycles. The van der Waals surface area contributed by atoms with Gasteiger partial charge in [-0.2, -0.15) is 5.10 Å². The van der Waals surface area contributed by atoms with Crippen LogP contribution >= 0.6 is 23.2 Å². The van der Waals surface area contributed by atoms with Crippen molar-refractivity contribution in [3.63, 3.8) is 0 Å². The van der Waals surface area contributed by atoms with Crippen molar-refractivity contribution < 1.29 is 14.3 Å². The Morgan fingerprint density at radius 3 is 2.62 bits per heavy atom. The maximum absolute atomic E-state index is 12.3. The Hall–Kier alpha value is -2.64. The summed E-state index contributed by atoms with van der Waals surface area (Å²) < 4.78 is 6.87. The molecule has 1 unspecified atom stereocenters. The van der Waals surface area contributed by atoms with E-state index in [2.05, 4.69) is 15.4 Å². The zero-order valence-corrected chi connectivity index (χ0v) is 17.7. The standard InChI is InChI=1S/C20H20Cl2N4O3/c1-11(2)26-19-13(9-24-26)6-14(8-23-19)20(28)29-10-18(27)25-12(3)16-5-4-15(21)7-17(16)22/h4-9,11-12H,10H2,1-3H3,(H,25,27). The van der Waals surface area contributed by atoms with Gasteiger partial charge in [-0.3, -0.25) is 4.79 Å². The van der Waals surface area contributed by atoms with E-state index in [-0.39, 0.29) is 17.6 Å². The van der Waals surface area contributed by atoms with Gasteiger partial charge in [-0.1, -0.05) is 29.3 Å². The lowest BCUT2D eigenvalue weighted by atomic mass is 10.1. The van der Waals surface area contributed by atoms with E-state index in [0.29, 0.717) is 21.3 Å². The van der Waals surface area contributed by atoms with Crippen molar-refractivity contribution in [2.24, 2.45) is 0 Å². The van der Waals surface area contributed by atoms with E-state index in [1.165, 1.54) is 6.20 Å². The molecule has 3 rings (SSSR count). The first kappa shape index (κ1) is 21.1. The third-order valence-electron chi connectivity index (χ3n) is 4.30. The quantitative estimate of drug-likeness (QED) is 0.582. The van der Waals surface area contributed by atoms with Crippen molar-refractivity contribution in [3.05, 3.63) is 57.8 Å². The summed E-state index contributed by atoms with van der Waals surface area (Å²) in [6.07, 6.45) is 3.06. The first-order chi connectivity index (χ1) is 13.8. The van der Waals surface area contributed by atoms with Gasteiger partial charge in [-0.15, -0.1) is 0 Å². The van der Waals surface area contributed by atoms with E-state index in [1.807, 2.05) is 13.8 Å². The van der Waals surface area contributed by atoms with Crippen LogP contribution in [0.3, 0.4) is 0 Å². The van der Waals surface area contributed by atoms with Gasteiger partial charge in [0.15, 0.2) is 12.3 Å². The number of halogens is 2. The lowest BCUT2D eigenvalue weighted by molar-refractivity contribution is -0.124. The molecular formula is C20H20Cl2N4O3. The number of carbonyl (C=O) groups is 2. The molecular weight excluding hydrogens is 415 g/mol. The minimum Gasteiger partial charge on any atom is -0.452 e. The van der Waals surface area contributed by atoms with Crippen LogP contribution in [0.25, 0.3) is 11.0 Å². The van der Waals surface area contributed by atoms with Gasteiger partial charge in [0.25, 0.3) is 5.91 Å². The van der Waals surface area contributed by atoms with Crippen LogP contribution in [-0.2, 0) is 9.53 Å². The maximum atomic E-state index is 12.3. The van der Waals surface area contributed by atoms with Crippen LogP contribution in [-0.4, -0.2) is 33.2 Å². The van der Waals surface area contributed by atoms with E-state index in [0.717, 1.165) is 5.39 Å². The zero-order chi connectivity index (χ0) is 21.1. The zero-order valence-electron chi connectivity index (χ0n) is 16.1. The number of benzene rings is 1. The fourth-order valence-electron chi connectivity index (χ4n) is 2.86. The lowest BCUT2D eigenvalue weighted by Gasteiger charge is -2.16. The number of ether oxygens (including phenoxy) is 1. The normalized spacial score (nSPS) is 12.2. The molecule has 2 heterocycles. The highest BCUT2D eigenvalue weighted by atomic mass is 35.5. The summed E-state index contributed by atoms with van der Waals surface area (Å²) in [6.45, 7) is 5.34. The molecule has 1 amide bonds. The fourth-order valence-corrected chi connectivity index (χ4v) is 3.43. The number of fused-ring (bicyclic) bond motifs is 1. The summed E-state index contributed by atoms with van der Waals surface area (Å²) in [6, 6.07) is 6.45.